The van der Waals surface area contributed by atoms with Crippen molar-refractivity contribution in [1.82, 2.24) is 0 Å². The van der Waals surface area contributed by atoms with E-state index in [2.05, 4.69) is 25.1 Å². The predicted octanol–water partition coefficient (Wildman–Crippen LogP) is 3.17. The van der Waals surface area contributed by atoms with E-state index >= 15 is 0 Å². The highest BCUT2D eigenvalue weighted by molar-refractivity contribution is 5.80. The number of fused-ring (bicyclic) bond motifs is 1. The molecule has 72 valence electrons. The molecule has 14 heavy (non-hydrogen) atoms. The quantitative estimate of drug-likeness (QED) is 0.693. The van der Waals surface area contributed by atoms with E-state index < -0.39 is 0 Å². The second kappa shape index (κ2) is 3.41. The minimum atomic E-state index is 0.260. The molecule has 2 rings (SSSR count). The summed E-state index contributed by atoms with van der Waals surface area (Å²) in [6.07, 6.45) is 2.83. The monoisotopic (exact) mass is 186 g/mol. The molecule has 1 atom stereocenters. The zero-order chi connectivity index (χ0) is 10.1. The summed E-state index contributed by atoms with van der Waals surface area (Å²) in [4.78, 5) is 11.1. The molecule has 0 saturated heterocycles. The lowest BCUT2D eigenvalue weighted by molar-refractivity contribution is -0.117. The van der Waals surface area contributed by atoms with Crippen molar-refractivity contribution in [3.63, 3.8) is 0 Å². The van der Waals surface area contributed by atoms with Crippen LogP contribution in [0, 0.1) is 0 Å². The van der Waals surface area contributed by atoms with Crippen LogP contribution in [0.15, 0.2) is 30.3 Å². The minimum absolute atomic E-state index is 0.260. The van der Waals surface area contributed by atoms with Crippen LogP contribution in [0.1, 0.15) is 37.3 Å². The maximum absolute atomic E-state index is 11.1. The van der Waals surface area contributed by atoms with E-state index in [0.717, 1.165) is 0 Å². The van der Waals surface area contributed by atoms with Crippen molar-refractivity contribution in [2.24, 2.45) is 0 Å². The third-order valence-electron chi connectivity index (χ3n) is 2.74. The number of hydrogen-bond acceptors (Lipinski definition) is 1. The van der Waals surface area contributed by atoms with E-state index in [1.165, 1.54) is 16.7 Å². The average Bonchev–Trinajstić information content (AvgIpc) is 2.44. The lowest BCUT2D eigenvalue weighted by Crippen LogP contribution is -1.99. The number of Topliss-reactive ketones (excluding diaryl/α,β-unsaturated/α-hetero) is 1. The Kier molecular flexibility index (Phi) is 2.24. The number of hydrogen-bond donors (Lipinski definition) is 0. The fraction of sp³-hybridized carbons (Fsp3) is 0.308. The molecule has 1 aromatic carbocycles. The first-order valence-corrected chi connectivity index (χ1v) is 4.95. The SMILES string of the molecule is CC(=O)CC1C=C(C)c2ccccc21. The van der Waals surface area contributed by atoms with Crippen LogP contribution < -0.4 is 0 Å². The molecular formula is C13H14O. The van der Waals surface area contributed by atoms with Gasteiger partial charge in [-0.05, 0) is 30.5 Å². The van der Waals surface area contributed by atoms with Crippen molar-refractivity contribution in [1.29, 1.82) is 0 Å². The van der Waals surface area contributed by atoms with Crippen LogP contribution in [-0.2, 0) is 4.79 Å². The smallest absolute Gasteiger partial charge is 0.130 e. The molecule has 0 N–H and O–H groups in total. The van der Waals surface area contributed by atoms with Crippen molar-refractivity contribution < 1.29 is 4.79 Å². The van der Waals surface area contributed by atoms with E-state index in [1.54, 1.807) is 6.92 Å². The van der Waals surface area contributed by atoms with Crippen LogP contribution in [0.4, 0.5) is 0 Å². The molecule has 1 heteroatoms. The van der Waals surface area contributed by atoms with Crippen LogP contribution in [0.2, 0.25) is 0 Å². The Bertz CT molecular complexity index is 401. The number of carbonyl (C=O) groups excluding carboxylic acids is 1. The van der Waals surface area contributed by atoms with Gasteiger partial charge in [0, 0.05) is 12.3 Å². The molecule has 0 aromatic heterocycles. The summed E-state index contributed by atoms with van der Waals surface area (Å²) in [5.41, 5.74) is 3.91. The molecule has 0 fully saturated rings. The Morgan fingerprint density at radius 3 is 2.79 bits per heavy atom. The lowest BCUT2D eigenvalue weighted by Gasteiger charge is -2.07. The Balaban J connectivity index is 2.37. The van der Waals surface area contributed by atoms with Gasteiger partial charge in [0.2, 0.25) is 0 Å². The van der Waals surface area contributed by atoms with E-state index in [1.807, 2.05) is 12.1 Å². The van der Waals surface area contributed by atoms with Gasteiger partial charge >= 0.3 is 0 Å². The van der Waals surface area contributed by atoms with E-state index in [9.17, 15) is 4.79 Å². The van der Waals surface area contributed by atoms with Gasteiger partial charge in [0.15, 0.2) is 0 Å². The third-order valence-corrected chi connectivity index (χ3v) is 2.74. The molecule has 0 bridgehead atoms. The first kappa shape index (κ1) is 9.20. The molecule has 0 heterocycles. The Morgan fingerprint density at radius 2 is 2.07 bits per heavy atom. The van der Waals surface area contributed by atoms with Crippen LogP contribution >= 0.6 is 0 Å². The molecule has 0 spiro atoms. The highest BCUT2D eigenvalue weighted by atomic mass is 16.1. The number of allylic oxidation sites excluding steroid dienone is 2. The van der Waals surface area contributed by atoms with Gasteiger partial charge in [0.25, 0.3) is 0 Å². The minimum Gasteiger partial charge on any atom is -0.300 e. The number of rotatable bonds is 2. The zero-order valence-corrected chi connectivity index (χ0v) is 8.58. The highest BCUT2D eigenvalue weighted by Crippen LogP contribution is 2.37. The molecule has 0 amide bonds. The maximum atomic E-state index is 11.1. The zero-order valence-electron chi connectivity index (χ0n) is 8.58. The van der Waals surface area contributed by atoms with Crippen molar-refractivity contribution in [2.45, 2.75) is 26.2 Å². The van der Waals surface area contributed by atoms with Gasteiger partial charge in [-0.15, -0.1) is 0 Å². The van der Waals surface area contributed by atoms with Crippen molar-refractivity contribution in [3.8, 4) is 0 Å². The molecule has 0 saturated carbocycles. The standard InChI is InChI=1S/C13H14O/c1-9-7-11(8-10(2)14)13-6-4-3-5-12(9)13/h3-7,11H,8H2,1-2H3. The van der Waals surface area contributed by atoms with Gasteiger partial charge in [0.1, 0.15) is 5.78 Å². The van der Waals surface area contributed by atoms with Gasteiger partial charge in [-0.2, -0.15) is 0 Å². The Hall–Kier alpha value is -1.37. The van der Waals surface area contributed by atoms with Crippen molar-refractivity contribution in [2.75, 3.05) is 0 Å². The van der Waals surface area contributed by atoms with E-state index in [-0.39, 0.29) is 5.78 Å². The second-order valence-corrected chi connectivity index (χ2v) is 3.95. The third kappa shape index (κ3) is 1.50. The maximum Gasteiger partial charge on any atom is 0.130 e. The normalized spacial score (nSPS) is 19.0. The molecule has 1 aromatic rings. The summed E-state index contributed by atoms with van der Waals surface area (Å²) in [5.74, 6) is 0.569. The fourth-order valence-electron chi connectivity index (χ4n) is 2.14. The molecule has 0 aliphatic heterocycles. The van der Waals surface area contributed by atoms with E-state index in [0.29, 0.717) is 12.3 Å². The predicted molar refractivity (Wildman–Crippen MR) is 58.1 cm³/mol. The first-order valence-electron chi connectivity index (χ1n) is 4.95. The lowest BCUT2D eigenvalue weighted by atomic mass is 9.96. The number of carbonyl (C=O) groups is 1. The highest BCUT2D eigenvalue weighted by Gasteiger charge is 2.21. The average molecular weight is 186 g/mol. The fourth-order valence-corrected chi connectivity index (χ4v) is 2.14. The van der Waals surface area contributed by atoms with Crippen LogP contribution in [0.3, 0.4) is 0 Å². The molecule has 1 nitrogen and oxygen atoms in total. The van der Waals surface area contributed by atoms with Gasteiger partial charge in [0.05, 0.1) is 0 Å². The molecule has 0 radical (unpaired) electrons. The summed E-state index contributed by atoms with van der Waals surface area (Å²) in [6, 6.07) is 8.34. The Labute approximate surface area is 84.5 Å². The topological polar surface area (TPSA) is 17.1 Å². The van der Waals surface area contributed by atoms with Crippen LogP contribution in [0.25, 0.3) is 5.57 Å². The van der Waals surface area contributed by atoms with Gasteiger partial charge < -0.3 is 0 Å². The summed E-state index contributed by atoms with van der Waals surface area (Å²) >= 11 is 0. The largest absolute Gasteiger partial charge is 0.300 e. The molecule has 1 unspecified atom stereocenters. The Morgan fingerprint density at radius 1 is 1.36 bits per heavy atom. The van der Waals surface area contributed by atoms with Crippen LogP contribution in [-0.4, -0.2) is 5.78 Å². The van der Waals surface area contributed by atoms with Crippen LogP contribution in [0.5, 0.6) is 0 Å². The van der Waals surface area contributed by atoms with Crippen molar-refractivity contribution in [3.05, 3.63) is 41.5 Å². The van der Waals surface area contributed by atoms with E-state index in [4.69, 9.17) is 0 Å². The summed E-state index contributed by atoms with van der Waals surface area (Å²) in [7, 11) is 0. The number of benzene rings is 1. The molecule has 1 aliphatic rings. The summed E-state index contributed by atoms with van der Waals surface area (Å²) in [6.45, 7) is 3.77. The van der Waals surface area contributed by atoms with Gasteiger partial charge in [-0.1, -0.05) is 30.3 Å². The second-order valence-electron chi connectivity index (χ2n) is 3.95. The summed E-state index contributed by atoms with van der Waals surface area (Å²) in [5, 5.41) is 0. The molecular weight excluding hydrogens is 172 g/mol. The molecule has 1 aliphatic carbocycles. The van der Waals surface area contributed by atoms with Gasteiger partial charge in [-0.25, -0.2) is 0 Å². The van der Waals surface area contributed by atoms with Gasteiger partial charge in [-0.3, -0.25) is 4.79 Å². The number of ketones is 1. The summed E-state index contributed by atoms with van der Waals surface area (Å²) < 4.78 is 0. The first-order chi connectivity index (χ1) is 6.68. The van der Waals surface area contributed by atoms with Crippen molar-refractivity contribution >= 4 is 11.4 Å².